The molecule has 2 aromatic heterocycles. The summed E-state index contributed by atoms with van der Waals surface area (Å²) in [5.74, 6) is -0.0504. The summed E-state index contributed by atoms with van der Waals surface area (Å²) in [5.41, 5.74) is 1.39. The molecule has 0 saturated carbocycles. The molecule has 0 N–H and O–H groups in total. The minimum Gasteiger partial charge on any atom is -0.286 e. The molecular weight excluding hydrogens is 196 g/mol. The number of aromatic nitrogens is 2. The van der Waals surface area contributed by atoms with E-state index in [1.165, 1.54) is 23.7 Å². The maximum atomic E-state index is 11.8. The Bertz CT molecular complexity index is 450. The first kappa shape index (κ1) is 9.02. The van der Waals surface area contributed by atoms with Gasteiger partial charge in [0.2, 0.25) is 5.78 Å². The molecule has 0 radical (unpaired) electrons. The average molecular weight is 204 g/mol. The van der Waals surface area contributed by atoms with Gasteiger partial charge < -0.3 is 0 Å². The molecule has 0 aliphatic rings. The first-order valence-corrected chi connectivity index (χ1v) is 5.02. The SMILES string of the molecule is Cc1ccsc1C(=O)c1cnccn1. The summed E-state index contributed by atoms with van der Waals surface area (Å²) < 4.78 is 0. The molecule has 0 unspecified atom stereocenters. The van der Waals surface area contributed by atoms with Crippen LogP contribution in [0.5, 0.6) is 0 Å². The van der Waals surface area contributed by atoms with Crippen molar-refractivity contribution in [1.29, 1.82) is 0 Å². The number of carbonyl (C=O) groups excluding carboxylic acids is 1. The molecule has 0 fully saturated rings. The van der Waals surface area contributed by atoms with Crippen LogP contribution in [0.4, 0.5) is 0 Å². The topological polar surface area (TPSA) is 42.9 Å². The lowest BCUT2D eigenvalue weighted by atomic mass is 10.2. The van der Waals surface area contributed by atoms with Gasteiger partial charge >= 0.3 is 0 Å². The van der Waals surface area contributed by atoms with E-state index in [2.05, 4.69) is 9.97 Å². The zero-order valence-corrected chi connectivity index (χ0v) is 8.41. The van der Waals surface area contributed by atoms with Crippen molar-refractivity contribution >= 4 is 17.1 Å². The van der Waals surface area contributed by atoms with Gasteiger partial charge in [-0.2, -0.15) is 0 Å². The molecule has 14 heavy (non-hydrogen) atoms. The van der Waals surface area contributed by atoms with Crippen LogP contribution < -0.4 is 0 Å². The van der Waals surface area contributed by atoms with Crippen LogP contribution in [0.15, 0.2) is 30.0 Å². The largest absolute Gasteiger partial charge is 0.286 e. The normalized spacial score (nSPS) is 10.1. The highest BCUT2D eigenvalue weighted by molar-refractivity contribution is 7.12. The van der Waals surface area contributed by atoms with Crippen molar-refractivity contribution in [2.75, 3.05) is 0 Å². The third-order valence-electron chi connectivity index (χ3n) is 1.86. The van der Waals surface area contributed by atoms with Gasteiger partial charge in [0.15, 0.2) is 0 Å². The lowest BCUT2D eigenvalue weighted by Crippen LogP contribution is -2.03. The summed E-state index contributed by atoms with van der Waals surface area (Å²) in [6.07, 6.45) is 4.57. The Morgan fingerprint density at radius 2 is 2.29 bits per heavy atom. The fourth-order valence-electron chi connectivity index (χ4n) is 1.14. The molecule has 0 bridgehead atoms. The zero-order valence-electron chi connectivity index (χ0n) is 7.60. The Morgan fingerprint density at radius 3 is 2.86 bits per heavy atom. The second kappa shape index (κ2) is 3.67. The third-order valence-corrected chi connectivity index (χ3v) is 2.88. The summed E-state index contributed by atoms with van der Waals surface area (Å²) in [4.78, 5) is 20.4. The van der Waals surface area contributed by atoms with Crippen molar-refractivity contribution in [2.45, 2.75) is 6.92 Å². The second-order valence-corrected chi connectivity index (χ2v) is 3.77. The lowest BCUT2D eigenvalue weighted by molar-refractivity contribution is 0.103. The van der Waals surface area contributed by atoms with E-state index in [-0.39, 0.29) is 5.78 Å². The Morgan fingerprint density at radius 1 is 1.43 bits per heavy atom. The fraction of sp³-hybridized carbons (Fsp3) is 0.100. The molecular formula is C10H8N2OS. The van der Waals surface area contributed by atoms with E-state index in [4.69, 9.17) is 0 Å². The number of ketones is 1. The van der Waals surface area contributed by atoms with Gasteiger partial charge in [0, 0.05) is 12.4 Å². The van der Waals surface area contributed by atoms with E-state index >= 15 is 0 Å². The molecule has 2 heterocycles. The molecule has 0 aliphatic heterocycles. The van der Waals surface area contributed by atoms with Crippen molar-refractivity contribution in [2.24, 2.45) is 0 Å². The highest BCUT2D eigenvalue weighted by atomic mass is 32.1. The predicted octanol–water partition coefficient (Wildman–Crippen LogP) is 2.08. The van der Waals surface area contributed by atoms with Crippen molar-refractivity contribution in [1.82, 2.24) is 9.97 Å². The van der Waals surface area contributed by atoms with Crippen LogP contribution in [-0.2, 0) is 0 Å². The van der Waals surface area contributed by atoms with E-state index in [0.717, 1.165) is 10.4 Å². The molecule has 0 aliphatic carbocycles. The molecule has 0 aromatic carbocycles. The van der Waals surface area contributed by atoms with Crippen molar-refractivity contribution in [3.8, 4) is 0 Å². The van der Waals surface area contributed by atoms with Crippen LogP contribution in [0.3, 0.4) is 0 Å². The van der Waals surface area contributed by atoms with Crippen molar-refractivity contribution in [3.05, 3.63) is 46.2 Å². The number of thiophene rings is 1. The van der Waals surface area contributed by atoms with Gasteiger partial charge in [-0.05, 0) is 23.9 Å². The van der Waals surface area contributed by atoms with Gasteiger partial charge in [0.25, 0.3) is 0 Å². The summed E-state index contributed by atoms with van der Waals surface area (Å²) in [6.45, 7) is 1.92. The van der Waals surface area contributed by atoms with E-state index in [1.54, 1.807) is 6.20 Å². The van der Waals surface area contributed by atoms with Gasteiger partial charge in [-0.15, -0.1) is 11.3 Å². The van der Waals surface area contributed by atoms with Crippen LogP contribution in [0.2, 0.25) is 0 Å². The summed E-state index contributed by atoms with van der Waals surface area (Å²) in [5, 5.41) is 1.90. The number of carbonyl (C=O) groups is 1. The van der Waals surface area contributed by atoms with Crippen LogP contribution in [0, 0.1) is 6.92 Å². The number of aryl methyl sites for hydroxylation is 1. The first-order valence-electron chi connectivity index (χ1n) is 4.14. The summed E-state index contributed by atoms with van der Waals surface area (Å²) in [7, 11) is 0. The quantitative estimate of drug-likeness (QED) is 0.703. The Balaban J connectivity index is 2.39. The summed E-state index contributed by atoms with van der Waals surface area (Å²) in [6, 6.07) is 1.92. The lowest BCUT2D eigenvalue weighted by Gasteiger charge is -1.96. The second-order valence-electron chi connectivity index (χ2n) is 2.85. The van der Waals surface area contributed by atoms with Crippen LogP contribution in [0.1, 0.15) is 20.9 Å². The van der Waals surface area contributed by atoms with Crippen LogP contribution in [-0.4, -0.2) is 15.8 Å². The number of hydrogen-bond acceptors (Lipinski definition) is 4. The minimum atomic E-state index is -0.0504. The van der Waals surface area contributed by atoms with Gasteiger partial charge in [-0.25, -0.2) is 4.98 Å². The molecule has 0 spiro atoms. The number of rotatable bonds is 2. The van der Waals surface area contributed by atoms with Gasteiger partial charge in [-0.1, -0.05) is 0 Å². The maximum absolute atomic E-state index is 11.8. The molecule has 70 valence electrons. The van der Waals surface area contributed by atoms with Crippen molar-refractivity contribution < 1.29 is 4.79 Å². The van der Waals surface area contributed by atoms with Gasteiger partial charge in [0.1, 0.15) is 5.69 Å². The summed E-state index contributed by atoms with van der Waals surface area (Å²) >= 11 is 1.44. The molecule has 4 heteroatoms. The zero-order chi connectivity index (χ0) is 9.97. The van der Waals surface area contributed by atoms with E-state index < -0.39 is 0 Å². The van der Waals surface area contributed by atoms with E-state index in [9.17, 15) is 4.79 Å². The number of hydrogen-bond donors (Lipinski definition) is 0. The van der Waals surface area contributed by atoms with Gasteiger partial charge in [-0.3, -0.25) is 9.78 Å². The monoisotopic (exact) mass is 204 g/mol. The Kier molecular flexibility index (Phi) is 2.37. The Labute approximate surface area is 85.5 Å². The average Bonchev–Trinajstić information content (AvgIpc) is 2.65. The van der Waals surface area contributed by atoms with E-state index in [1.807, 2.05) is 18.4 Å². The number of nitrogens with zero attached hydrogens (tertiary/aromatic N) is 2. The van der Waals surface area contributed by atoms with Gasteiger partial charge in [0.05, 0.1) is 11.1 Å². The molecule has 0 saturated heterocycles. The fourth-order valence-corrected chi connectivity index (χ4v) is 2.01. The maximum Gasteiger partial charge on any atom is 0.223 e. The van der Waals surface area contributed by atoms with Crippen LogP contribution in [0.25, 0.3) is 0 Å². The highest BCUT2D eigenvalue weighted by Crippen LogP contribution is 2.18. The predicted molar refractivity (Wildman–Crippen MR) is 54.5 cm³/mol. The molecule has 2 rings (SSSR count). The van der Waals surface area contributed by atoms with Crippen LogP contribution >= 0.6 is 11.3 Å². The molecule has 0 atom stereocenters. The standard InChI is InChI=1S/C10H8N2OS/c1-7-2-5-14-10(7)9(13)8-6-11-3-4-12-8/h2-6H,1H3. The van der Waals surface area contributed by atoms with Crippen molar-refractivity contribution in [3.63, 3.8) is 0 Å². The first-order chi connectivity index (χ1) is 6.79. The molecule has 0 amide bonds. The molecule has 2 aromatic rings. The third kappa shape index (κ3) is 1.56. The van der Waals surface area contributed by atoms with E-state index in [0.29, 0.717) is 5.69 Å². The Hall–Kier alpha value is -1.55. The molecule has 3 nitrogen and oxygen atoms in total. The highest BCUT2D eigenvalue weighted by Gasteiger charge is 2.13. The smallest absolute Gasteiger partial charge is 0.223 e. The minimum absolute atomic E-state index is 0.0504.